The van der Waals surface area contributed by atoms with Crippen molar-refractivity contribution in [3.05, 3.63) is 30.3 Å². The van der Waals surface area contributed by atoms with Crippen LogP contribution in [0.1, 0.15) is 71.1 Å². The Bertz CT molecular complexity index is 729. The molecular weight excluding hydrogens is 374 g/mol. The number of imide groups is 1. The molecule has 0 bridgehead atoms. The highest BCUT2D eigenvalue weighted by atomic mass is 16.2. The second-order valence-electron chi connectivity index (χ2n) is 9.39. The lowest BCUT2D eigenvalue weighted by atomic mass is 9.74. The van der Waals surface area contributed by atoms with E-state index in [1.165, 1.54) is 44.2 Å². The van der Waals surface area contributed by atoms with E-state index >= 15 is 0 Å². The highest BCUT2D eigenvalue weighted by molar-refractivity contribution is 6.07. The van der Waals surface area contributed by atoms with Crippen molar-refractivity contribution in [3.63, 3.8) is 0 Å². The van der Waals surface area contributed by atoms with Gasteiger partial charge in [0.2, 0.25) is 11.8 Å². The highest BCUT2D eigenvalue weighted by Crippen LogP contribution is 2.53. The van der Waals surface area contributed by atoms with Crippen LogP contribution in [0.3, 0.4) is 0 Å². The minimum absolute atomic E-state index is 0.0464. The van der Waals surface area contributed by atoms with Crippen LogP contribution in [0.4, 0.5) is 5.69 Å². The molecular formula is C25H37N3O2. The number of amides is 2. The van der Waals surface area contributed by atoms with Crippen molar-refractivity contribution in [2.45, 2.75) is 82.7 Å². The van der Waals surface area contributed by atoms with Crippen LogP contribution in [0, 0.1) is 11.8 Å². The number of rotatable bonds is 9. The van der Waals surface area contributed by atoms with Crippen LogP contribution in [0.25, 0.3) is 0 Å². The largest absolute Gasteiger partial charge is 0.361 e. The lowest BCUT2D eigenvalue weighted by Crippen LogP contribution is -2.58. The van der Waals surface area contributed by atoms with Gasteiger partial charge in [-0.1, -0.05) is 70.1 Å². The molecule has 3 heterocycles. The number of hydrogen-bond acceptors (Lipinski definition) is 4. The van der Waals surface area contributed by atoms with Gasteiger partial charge in [-0.15, -0.1) is 0 Å². The molecule has 2 N–H and O–H groups in total. The van der Waals surface area contributed by atoms with Gasteiger partial charge in [0.25, 0.3) is 0 Å². The number of anilines is 1. The molecule has 0 aliphatic carbocycles. The van der Waals surface area contributed by atoms with Gasteiger partial charge in [0.1, 0.15) is 0 Å². The van der Waals surface area contributed by atoms with E-state index in [-0.39, 0.29) is 35.2 Å². The maximum atomic E-state index is 13.0. The van der Waals surface area contributed by atoms with E-state index in [4.69, 9.17) is 0 Å². The summed E-state index contributed by atoms with van der Waals surface area (Å²) in [5.41, 5.74) is 0.918. The monoisotopic (exact) mass is 411 g/mol. The summed E-state index contributed by atoms with van der Waals surface area (Å²) in [4.78, 5) is 28.4. The summed E-state index contributed by atoms with van der Waals surface area (Å²) >= 11 is 0. The Morgan fingerprint density at radius 3 is 2.30 bits per heavy atom. The number of benzene rings is 1. The number of para-hydroxylation sites is 1. The standard InChI is InChI=1S/C25H37N3O2/c1-2-3-4-5-6-7-11-14-20-21-22(24(30)27-23(21)29)25(15-17-26-18-16-25)28(20)19-12-9-8-10-13-19/h8-10,12-13,20-22,26H,2-7,11,14-18H2,1H3,(H,27,29,30). The van der Waals surface area contributed by atoms with Crippen molar-refractivity contribution in [1.29, 1.82) is 0 Å². The van der Waals surface area contributed by atoms with Gasteiger partial charge in [-0.2, -0.15) is 0 Å². The molecule has 3 unspecified atom stereocenters. The van der Waals surface area contributed by atoms with E-state index in [1.807, 2.05) is 6.07 Å². The Morgan fingerprint density at radius 1 is 0.933 bits per heavy atom. The van der Waals surface area contributed by atoms with Crippen LogP contribution in [0.15, 0.2) is 30.3 Å². The summed E-state index contributed by atoms with van der Waals surface area (Å²) in [7, 11) is 0. The molecule has 30 heavy (non-hydrogen) atoms. The van der Waals surface area contributed by atoms with Gasteiger partial charge < -0.3 is 10.2 Å². The van der Waals surface area contributed by atoms with E-state index < -0.39 is 0 Å². The van der Waals surface area contributed by atoms with Gasteiger partial charge in [0.15, 0.2) is 0 Å². The molecule has 3 fully saturated rings. The number of fused-ring (bicyclic) bond motifs is 2. The Hall–Kier alpha value is -1.88. The third kappa shape index (κ3) is 3.89. The molecule has 1 spiro atoms. The van der Waals surface area contributed by atoms with Gasteiger partial charge in [-0.25, -0.2) is 0 Å². The van der Waals surface area contributed by atoms with Crippen molar-refractivity contribution in [2.24, 2.45) is 11.8 Å². The Morgan fingerprint density at radius 2 is 1.60 bits per heavy atom. The van der Waals surface area contributed by atoms with Crippen molar-refractivity contribution in [3.8, 4) is 0 Å². The van der Waals surface area contributed by atoms with E-state index in [0.29, 0.717) is 0 Å². The summed E-state index contributed by atoms with van der Waals surface area (Å²) in [5, 5.41) is 6.15. The smallest absolute Gasteiger partial charge is 0.232 e. The van der Waals surface area contributed by atoms with E-state index in [1.54, 1.807) is 0 Å². The van der Waals surface area contributed by atoms with E-state index in [9.17, 15) is 9.59 Å². The van der Waals surface area contributed by atoms with Crippen LogP contribution >= 0.6 is 0 Å². The highest BCUT2D eigenvalue weighted by Gasteiger charge is 2.66. The lowest BCUT2D eigenvalue weighted by molar-refractivity contribution is -0.127. The maximum absolute atomic E-state index is 13.0. The first-order valence-electron chi connectivity index (χ1n) is 12.1. The number of nitrogens with one attached hydrogen (secondary N) is 2. The number of nitrogens with zero attached hydrogens (tertiary/aromatic N) is 1. The minimum atomic E-state index is -0.251. The van der Waals surface area contributed by atoms with Gasteiger partial charge in [0.05, 0.1) is 17.4 Å². The number of hydrogen-bond donors (Lipinski definition) is 2. The number of unbranched alkanes of at least 4 members (excludes halogenated alkanes) is 6. The fraction of sp³-hybridized carbons (Fsp3) is 0.680. The third-order valence-electron chi connectivity index (χ3n) is 7.60. The van der Waals surface area contributed by atoms with E-state index in [0.717, 1.165) is 38.8 Å². The molecule has 0 radical (unpaired) electrons. The van der Waals surface area contributed by atoms with E-state index in [2.05, 4.69) is 46.7 Å². The van der Waals surface area contributed by atoms with Crippen LogP contribution < -0.4 is 15.5 Å². The molecule has 3 atom stereocenters. The van der Waals surface area contributed by atoms with Crippen molar-refractivity contribution >= 4 is 17.5 Å². The zero-order chi connectivity index (χ0) is 21.0. The van der Waals surface area contributed by atoms with Gasteiger partial charge in [-0.3, -0.25) is 14.9 Å². The molecule has 164 valence electrons. The molecule has 5 nitrogen and oxygen atoms in total. The molecule has 1 aromatic carbocycles. The van der Waals surface area contributed by atoms with Crippen LogP contribution in [-0.2, 0) is 9.59 Å². The van der Waals surface area contributed by atoms with Gasteiger partial charge >= 0.3 is 0 Å². The number of piperidine rings is 1. The Balaban J connectivity index is 1.57. The molecule has 0 aromatic heterocycles. The predicted octanol–water partition coefficient (Wildman–Crippen LogP) is 4.03. The Labute approximate surface area is 181 Å². The van der Waals surface area contributed by atoms with Crippen LogP contribution in [-0.4, -0.2) is 36.5 Å². The summed E-state index contributed by atoms with van der Waals surface area (Å²) in [6.45, 7) is 4.05. The molecule has 1 aromatic rings. The predicted molar refractivity (Wildman–Crippen MR) is 120 cm³/mol. The fourth-order valence-electron chi connectivity index (χ4n) is 6.28. The van der Waals surface area contributed by atoms with Gasteiger partial charge in [-0.05, 0) is 44.5 Å². The number of carbonyl (C=O) groups is 2. The molecule has 5 heteroatoms. The topological polar surface area (TPSA) is 61.4 Å². The molecule has 2 amide bonds. The molecule has 3 saturated heterocycles. The second-order valence-corrected chi connectivity index (χ2v) is 9.39. The second kappa shape index (κ2) is 9.51. The number of carbonyl (C=O) groups excluding carboxylic acids is 2. The summed E-state index contributed by atoms with van der Waals surface area (Å²) in [6, 6.07) is 10.6. The molecule has 4 rings (SSSR count). The average molecular weight is 412 g/mol. The van der Waals surface area contributed by atoms with Crippen molar-refractivity contribution in [1.82, 2.24) is 10.6 Å². The zero-order valence-electron chi connectivity index (χ0n) is 18.4. The van der Waals surface area contributed by atoms with Crippen molar-refractivity contribution < 1.29 is 9.59 Å². The maximum Gasteiger partial charge on any atom is 0.232 e. The molecule has 3 aliphatic rings. The first-order chi connectivity index (χ1) is 14.7. The van der Waals surface area contributed by atoms with Crippen LogP contribution in [0.5, 0.6) is 0 Å². The first-order valence-corrected chi connectivity index (χ1v) is 12.1. The quantitative estimate of drug-likeness (QED) is 0.476. The SMILES string of the molecule is CCCCCCCCCC1C2C(=O)NC(=O)C2C2(CCNCC2)N1c1ccccc1. The summed E-state index contributed by atoms with van der Waals surface area (Å²) in [6.07, 6.45) is 11.7. The summed E-state index contributed by atoms with van der Waals surface area (Å²) in [5.74, 6) is -0.526. The minimum Gasteiger partial charge on any atom is -0.361 e. The normalized spacial score (nSPS) is 27.5. The molecule has 3 aliphatic heterocycles. The van der Waals surface area contributed by atoms with Crippen molar-refractivity contribution in [2.75, 3.05) is 18.0 Å². The Kier molecular flexibility index (Phi) is 6.77. The van der Waals surface area contributed by atoms with Gasteiger partial charge in [0, 0.05) is 11.7 Å². The van der Waals surface area contributed by atoms with Crippen LogP contribution in [0.2, 0.25) is 0 Å². The molecule has 0 saturated carbocycles. The third-order valence-corrected chi connectivity index (χ3v) is 7.60. The summed E-state index contributed by atoms with van der Waals surface area (Å²) < 4.78 is 0. The lowest BCUT2D eigenvalue weighted by Gasteiger charge is -2.47. The zero-order valence-corrected chi connectivity index (χ0v) is 18.4. The first kappa shape index (κ1) is 21.4. The average Bonchev–Trinajstić information content (AvgIpc) is 3.21. The fourth-order valence-corrected chi connectivity index (χ4v) is 6.28.